The standard InChI is InChI=1S/C21H30O2/c1-13-11-15(23-4)12-14-5-6-16-17(19(13)14)7-9-20(2)18(16)8-10-21(20,3)22/h11-12,16-18,22H,5-10H2,1-4H3/t16?,17?,18?,20?,21-/m0/s1. The lowest BCUT2D eigenvalue weighted by molar-refractivity contribution is -0.0902. The highest BCUT2D eigenvalue weighted by molar-refractivity contribution is 5.46. The van der Waals surface area contributed by atoms with E-state index < -0.39 is 5.60 Å². The fraction of sp³-hybridized carbons (Fsp3) is 0.714. The molecule has 0 spiro atoms. The molecule has 2 heteroatoms. The van der Waals surface area contributed by atoms with E-state index in [1.54, 1.807) is 12.7 Å². The van der Waals surface area contributed by atoms with Crippen molar-refractivity contribution in [3.63, 3.8) is 0 Å². The summed E-state index contributed by atoms with van der Waals surface area (Å²) in [6, 6.07) is 4.47. The second-order valence-electron chi connectivity index (χ2n) is 8.70. The number of hydrogen-bond acceptors (Lipinski definition) is 2. The molecule has 2 saturated carbocycles. The van der Waals surface area contributed by atoms with Gasteiger partial charge in [0.15, 0.2) is 0 Å². The van der Waals surface area contributed by atoms with Gasteiger partial charge in [-0.05, 0) is 104 Å². The van der Waals surface area contributed by atoms with E-state index in [0.29, 0.717) is 11.8 Å². The molecule has 0 aromatic heterocycles. The second kappa shape index (κ2) is 4.99. The molecule has 1 aromatic rings. The van der Waals surface area contributed by atoms with Crippen molar-refractivity contribution in [2.45, 2.75) is 70.8 Å². The molecule has 0 heterocycles. The summed E-state index contributed by atoms with van der Waals surface area (Å²) in [5.41, 5.74) is 4.17. The van der Waals surface area contributed by atoms with Crippen molar-refractivity contribution in [2.75, 3.05) is 7.11 Å². The lowest BCUT2D eigenvalue weighted by atomic mass is 9.53. The van der Waals surface area contributed by atoms with Gasteiger partial charge in [-0.3, -0.25) is 0 Å². The Morgan fingerprint density at radius 2 is 1.91 bits per heavy atom. The van der Waals surface area contributed by atoms with Crippen LogP contribution in [0.2, 0.25) is 0 Å². The molecular formula is C21H30O2. The number of rotatable bonds is 1. The number of aliphatic hydroxyl groups is 1. The first-order valence-corrected chi connectivity index (χ1v) is 9.27. The lowest BCUT2D eigenvalue weighted by Gasteiger charge is -2.53. The average molecular weight is 314 g/mol. The molecule has 2 nitrogen and oxygen atoms in total. The van der Waals surface area contributed by atoms with E-state index in [4.69, 9.17) is 4.74 Å². The third kappa shape index (κ3) is 2.03. The molecule has 0 saturated heterocycles. The first-order valence-electron chi connectivity index (χ1n) is 9.27. The SMILES string of the molecule is COc1cc(C)c2c(c1)CCC1C2CCC2(C)C1CC[C@]2(C)O. The quantitative estimate of drug-likeness (QED) is 0.820. The van der Waals surface area contributed by atoms with Gasteiger partial charge in [-0.2, -0.15) is 0 Å². The van der Waals surface area contributed by atoms with Crippen LogP contribution in [-0.4, -0.2) is 17.8 Å². The van der Waals surface area contributed by atoms with Crippen molar-refractivity contribution in [1.29, 1.82) is 0 Å². The summed E-state index contributed by atoms with van der Waals surface area (Å²) in [5.74, 6) is 3.13. The molecule has 0 amide bonds. The highest BCUT2D eigenvalue weighted by atomic mass is 16.5. The zero-order valence-corrected chi connectivity index (χ0v) is 15.0. The van der Waals surface area contributed by atoms with Gasteiger partial charge in [0.05, 0.1) is 12.7 Å². The minimum atomic E-state index is -0.474. The van der Waals surface area contributed by atoms with Crippen molar-refractivity contribution in [2.24, 2.45) is 17.3 Å². The Kier molecular flexibility index (Phi) is 3.36. The van der Waals surface area contributed by atoms with Crippen LogP contribution < -0.4 is 4.74 Å². The van der Waals surface area contributed by atoms with Crippen LogP contribution in [0.1, 0.15) is 68.6 Å². The molecular weight excluding hydrogens is 284 g/mol. The van der Waals surface area contributed by atoms with Crippen molar-refractivity contribution in [3.8, 4) is 5.75 Å². The van der Waals surface area contributed by atoms with Crippen LogP contribution in [0.5, 0.6) is 5.75 Å². The number of benzene rings is 1. The Bertz CT molecular complexity index is 633. The van der Waals surface area contributed by atoms with Crippen molar-refractivity contribution >= 4 is 0 Å². The highest BCUT2D eigenvalue weighted by Gasteiger charge is 2.59. The average Bonchev–Trinajstić information content (AvgIpc) is 2.76. The fourth-order valence-electron chi connectivity index (χ4n) is 6.30. The maximum absolute atomic E-state index is 10.9. The van der Waals surface area contributed by atoms with Crippen LogP contribution in [0.3, 0.4) is 0 Å². The van der Waals surface area contributed by atoms with Gasteiger partial charge in [0, 0.05) is 0 Å². The Hall–Kier alpha value is -1.02. The minimum absolute atomic E-state index is 0.117. The number of hydrogen-bond donors (Lipinski definition) is 1. The highest BCUT2D eigenvalue weighted by Crippen LogP contribution is 2.64. The van der Waals surface area contributed by atoms with Gasteiger partial charge in [-0.1, -0.05) is 6.92 Å². The first-order chi connectivity index (χ1) is 10.9. The molecule has 23 heavy (non-hydrogen) atoms. The monoisotopic (exact) mass is 314 g/mol. The smallest absolute Gasteiger partial charge is 0.119 e. The summed E-state index contributed by atoms with van der Waals surface area (Å²) in [6.07, 6.45) is 7.02. The third-order valence-corrected chi connectivity index (χ3v) is 7.80. The van der Waals surface area contributed by atoms with Gasteiger partial charge in [-0.15, -0.1) is 0 Å². The van der Waals surface area contributed by atoms with E-state index in [9.17, 15) is 5.11 Å². The number of aryl methyl sites for hydroxylation is 2. The van der Waals surface area contributed by atoms with Crippen molar-refractivity contribution in [1.82, 2.24) is 0 Å². The van der Waals surface area contributed by atoms with Gasteiger partial charge in [-0.25, -0.2) is 0 Å². The Morgan fingerprint density at radius 3 is 2.65 bits per heavy atom. The summed E-state index contributed by atoms with van der Waals surface area (Å²) < 4.78 is 5.48. The Labute approximate surface area is 140 Å². The fourth-order valence-corrected chi connectivity index (χ4v) is 6.30. The summed E-state index contributed by atoms with van der Waals surface area (Å²) in [5, 5.41) is 10.9. The van der Waals surface area contributed by atoms with Crippen LogP contribution in [0.15, 0.2) is 12.1 Å². The van der Waals surface area contributed by atoms with Gasteiger partial charge in [0.25, 0.3) is 0 Å². The maximum Gasteiger partial charge on any atom is 0.119 e. The van der Waals surface area contributed by atoms with Crippen LogP contribution in [0.25, 0.3) is 0 Å². The lowest BCUT2D eigenvalue weighted by Crippen LogP contribution is -2.49. The summed E-state index contributed by atoms with van der Waals surface area (Å²) in [6.45, 7) is 6.69. The van der Waals surface area contributed by atoms with Gasteiger partial charge >= 0.3 is 0 Å². The van der Waals surface area contributed by atoms with E-state index in [-0.39, 0.29) is 5.41 Å². The molecule has 0 bridgehead atoms. The van der Waals surface area contributed by atoms with E-state index in [1.165, 1.54) is 36.8 Å². The van der Waals surface area contributed by atoms with Crippen LogP contribution in [0, 0.1) is 24.2 Å². The summed E-state index contributed by atoms with van der Waals surface area (Å²) >= 11 is 0. The van der Waals surface area contributed by atoms with Crippen LogP contribution in [0.4, 0.5) is 0 Å². The zero-order valence-electron chi connectivity index (χ0n) is 15.0. The van der Waals surface area contributed by atoms with Gasteiger partial charge in [0.1, 0.15) is 5.75 Å². The molecule has 4 rings (SSSR count). The van der Waals surface area contributed by atoms with E-state index in [0.717, 1.165) is 24.5 Å². The number of ether oxygens (including phenoxy) is 1. The van der Waals surface area contributed by atoms with Crippen molar-refractivity contribution in [3.05, 3.63) is 28.8 Å². The van der Waals surface area contributed by atoms with Crippen molar-refractivity contribution < 1.29 is 9.84 Å². The van der Waals surface area contributed by atoms with Gasteiger partial charge in [0.2, 0.25) is 0 Å². The second-order valence-corrected chi connectivity index (χ2v) is 8.70. The summed E-state index contributed by atoms with van der Waals surface area (Å²) in [7, 11) is 1.76. The zero-order chi connectivity index (χ0) is 16.4. The number of methoxy groups -OCH3 is 1. The molecule has 3 aliphatic carbocycles. The predicted octanol–water partition coefficient (Wildman–Crippen LogP) is 4.61. The van der Waals surface area contributed by atoms with E-state index in [2.05, 4.69) is 32.9 Å². The van der Waals surface area contributed by atoms with Gasteiger partial charge < -0.3 is 9.84 Å². The third-order valence-electron chi connectivity index (χ3n) is 7.80. The molecule has 0 aliphatic heterocycles. The van der Waals surface area contributed by atoms with Crippen LogP contribution >= 0.6 is 0 Å². The molecule has 1 N–H and O–H groups in total. The molecule has 2 fully saturated rings. The molecule has 4 unspecified atom stereocenters. The molecule has 0 radical (unpaired) electrons. The van der Waals surface area contributed by atoms with E-state index >= 15 is 0 Å². The van der Waals surface area contributed by atoms with E-state index in [1.807, 2.05) is 0 Å². The minimum Gasteiger partial charge on any atom is -0.497 e. The number of fused-ring (bicyclic) bond motifs is 5. The summed E-state index contributed by atoms with van der Waals surface area (Å²) in [4.78, 5) is 0. The first kappa shape index (κ1) is 15.5. The Morgan fingerprint density at radius 1 is 1.13 bits per heavy atom. The Balaban J connectivity index is 1.73. The molecule has 5 atom stereocenters. The molecule has 3 aliphatic rings. The molecule has 126 valence electrons. The molecule has 1 aromatic carbocycles. The topological polar surface area (TPSA) is 29.5 Å². The normalized spacial score (nSPS) is 41.9. The largest absolute Gasteiger partial charge is 0.497 e. The maximum atomic E-state index is 10.9. The van der Waals surface area contributed by atoms with Crippen LogP contribution in [-0.2, 0) is 6.42 Å². The predicted molar refractivity (Wildman–Crippen MR) is 93.0 cm³/mol.